The van der Waals surface area contributed by atoms with E-state index in [0.29, 0.717) is 21.9 Å². The molecule has 0 aliphatic rings. The molecule has 0 spiro atoms. The van der Waals surface area contributed by atoms with Gasteiger partial charge < -0.3 is 4.42 Å². The van der Waals surface area contributed by atoms with Gasteiger partial charge in [-0.2, -0.15) is 0 Å². The van der Waals surface area contributed by atoms with Gasteiger partial charge in [-0.1, -0.05) is 60.0 Å². The van der Waals surface area contributed by atoms with Crippen molar-refractivity contribution in [2.75, 3.05) is 11.1 Å². The minimum absolute atomic E-state index is 0.0844. The van der Waals surface area contributed by atoms with Crippen molar-refractivity contribution in [2.24, 2.45) is 0 Å². The molecule has 0 saturated carbocycles. The van der Waals surface area contributed by atoms with Gasteiger partial charge in [-0.3, -0.25) is 14.7 Å². The fourth-order valence-corrected chi connectivity index (χ4v) is 3.76. The van der Waals surface area contributed by atoms with Crippen molar-refractivity contribution in [2.45, 2.75) is 31.8 Å². The number of halogens is 1. The summed E-state index contributed by atoms with van der Waals surface area (Å²) in [6.07, 6.45) is 0. The fraction of sp³-hybridized carbons (Fsp3) is 0.227. The Hall–Kier alpha value is -3.17. The second-order valence-corrected chi connectivity index (χ2v) is 8.80. The zero-order chi connectivity index (χ0) is 22.7. The van der Waals surface area contributed by atoms with Crippen LogP contribution in [0.4, 0.5) is 6.01 Å². The average molecular weight is 469 g/mol. The number of thioether (sulfide) groups is 1. The second-order valence-electron chi connectivity index (χ2n) is 7.42. The summed E-state index contributed by atoms with van der Waals surface area (Å²) in [4.78, 5) is 12.4. The summed E-state index contributed by atoms with van der Waals surface area (Å²) >= 11 is 7.31. The Balaban J connectivity index is 1.57. The highest BCUT2D eigenvalue weighted by atomic mass is 35.5. The first-order chi connectivity index (χ1) is 15.4. The molecule has 4 aromatic rings. The molecule has 1 N–H and O–H groups in total. The topological polar surface area (TPSA) is 98.7 Å². The molecule has 0 bridgehead atoms. The number of hydrogen-bond donors (Lipinski definition) is 1. The Labute approximate surface area is 194 Å². The van der Waals surface area contributed by atoms with Gasteiger partial charge in [0, 0.05) is 22.2 Å². The minimum atomic E-state index is -0.277. The van der Waals surface area contributed by atoms with Gasteiger partial charge in [-0.15, -0.1) is 15.3 Å². The SMILES string of the molecule is Cc1ccc(-n2c(SCC(=O)Nc3nnc(C(C)C)o3)nnc2-c2ccc(Cl)cc2)cc1. The van der Waals surface area contributed by atoms with Crippen LogP contribution >= 0.6 is 23.4 Å². The van der Waals surface area contributed by atoms with Crippen molar-refractivity contribution in [3.8, 4) is 17.1 Å². The van der Waals surface area contributed by atoms with Gasteiger partial charge in [0.2, 0.25) is 11.8 Å². The van der Waals surface area contributed by atoms with E-state index >= 15 is 0 Å². The number of carbonyl (C=O) groups excluding carboxylic acids is 1. The van der Waals surface area contributed by atoms with E-state index in [0.717, 1.165) is 16.8 Å². The monoisotopic (exact) mass is 468 g/mol. The van der Waals surface area contributed by atoms with Crippen molar-refractivity contribution in [1.82, 2.24) is 25.0 Å². The smallest absolute Gasteiger partial charge is 0.322 e. The molecule has 0 aliphatic carbocycles. The van der Waals surface area contributed by atoms with Crippen LogP contribution in [-0.4, -0.2) is 36.6 Å². The van der Waals surface area contributed by atoms with Gasteiger partial charge in [-0.05, 0) is 43.3 Å². The maximum Gasteiger partial charge on any atom is 0.322 e. The first kappa shape index (κ1) is 22.0. The summed E-state index contributed by atoms with van der Waals surface area (Å²) < 4.78 is 7.36. The maximum absolute atomic E-state index is 12.4. The first-order valence-electron chi connectivity index (χ1n) is 9.95. The lowest BCUT2D eigenvalue weighted by atomic mass is 10.2. The Kier molecular flexibility index (Phi) is 6.57. The molecule has 2 aromatic heterocycles. The number of hydrogen-bond acceptors (Lipinski definition) is 7. The summed E-state index contributed by atoms with van der Waals surface area (Å²) in [5.74, 6) is 1.04. The molecule has 32 heavy (non-hydrogen) atoms. The molecule has 0 aliphatic heterocycles. The number of aromatic nitrogens is 5. The van der Waals surface area contributed by atoms with Crippen LogP contribution in [0.3, 0.4) is 0 Å². The number of amides is 1. The highest BCUT2D eigenvalue weighted by Crippen LogP contribution is 2.29. The summed E-state index contributed by atoms with van der Waals surface area (Å²) in [6, 6.07) is 15.5. The lowest BCUT2D eigenvalue weighted by molar-refractivity contribution is -0.113. The summed E-state index contributed by atoms with van der Waals surface area (Å²) in [5, 5.41) is 20.3. The Morgan fingerprint density at radius 2 is 1.78 bits per heavy atom. The van der Waals surface area contributed by atoms with Crippen LogP contribution < -0.4 is 5.32 Å². The zero-order valence-corrected chi connectivity index (χ0v) is 19.3. The molecule has 2 heterocycles. The van der Waals surface area contributed by atoms with Gasteiger partial charge in [0.1, 0.15) is 0 Å². The van der Waals surface area contributed by atoms with Crippen LogP contribution in [0.1, 0.15) is 31.2 Å². The Bertz CT molecular complexity index is 1220. The van der Waals surface area contributed by atoms with E-state index in [4.69, 9.17) is 16.0 Å². The lowest BCUT2D eigenvalue weighted by Gasteiger charge is -2.11. The molecule has 0 radical (unpaired) electrons. The van der Waals surface area contributed by atoms with Gasteiger partial charge >= 0.3 is 6.01 Å². The Morgan fingerprint density at radius 3 is 2.44 bits per heavy atom. The molecule has 0 saturated heterocycles. The van der Waals surface area contributed by atoms with E-state index < -0.39 is 0 Å². The molecule has 164 valence electrons. The first-order valence-corrected chi connectivity index (χ1v) is 11.3. The van der Waals surface area contributed by atoms with E-state index in [1.165, 1.54) is 11.8 Å². The van der Waals surface area contributed by atoms with Crippen LogP contribution in [0.25, 0.3) is 17.1 Å². The molecule has 8 nitrogen and oxygen atoms in total. The number of nitrogens with zero attached hydrogens (tertiary/aromatic N) is 5. The molecule has 1 amide bonds. The predicted molar refractivity (Wildman–Crippen MR) is 124 cm³/mol. The third-order valence-corrected chi connectivity index (χ3v) is 5.72. The molecule has 0 unspecified atom stereocenters. The molecular formula is C22H21ClN6O2S. The van der Waals surface area contributed by atoms with Crippen molar-refractivity contribution in [3.63, 3.8) is 0 Å². The van der Waals surface area contributed by atoms with Crippen molar-refractivity contribution < 1.29 is 9.21 Å². The largest absolute Gasteiger partial charge is 0.408 e. The van der Waals surface area contributed by atoms with E-state index in [-0.39, 0.29) is 23.6 Å². The minimum Gasteiger partial charge on any atom is -0.408 e. The number of rotatable bonds is 7. The normalized spacial score (nSPS) is 11.2. The predicted octanol–water partition coefficient (Wildman–Crippen LogP) is 5.13. The highest BCUT2D eigenvalue weighted by Gasteiger charge is 2.18. The van der Waals surface area contributed by atoms with E-state index in [2.05, 4.69) is 25.7 Å². The molecule has 10 heteroatoms. The standard InChI is InChI=1S/C22H21ClN6O2S/c1-13(2)20-26-27-21(31-20)24-18(30)12-32-22-28-25-19(15-6-8-16(23)9-7-15)29(22)17-10-4-14(3)5-11-17/h4-11,13H,12H2,1-3H3,(H,24,27,30). The summed E-state index contributed by atoms with van der Waals surface area (Å²) in [5.41, 5.74) is 2.90. The average Bonchev–Trinajstić information content (AvgIpc) is 3.41. The number of nitrogens with one attached hydrogen (secondary N) is 1. The number of aryl methyl sites for hydroxylation is 1. The molecule has 0 atom stereocenters. The molecule has 2 aromatic carbocycles. The van der Waals surface area contributed by atoms with Crippen molar-refractivity contribution in [1.29, 1.82) is 0 Å². The summed E-state index contributed by atoms with van der Waals surface area (Å²) in [6.45, 7) is 5.90. The number of carbonyl (C=O) groups is 1. The third kappa shape index (κ3) is 5.00. The zero-order valence-electron chi connectivity index (χ0n) is 17.7. The quantitative estimate of drug-likeness (QED) is 0.375. The second kappa shape index (κ2) is 9.54. The molecule has 0 fully saturated rings. The van der Waals surface area contributed by atoms with Crippen molar-refractivity contribution in [3.05, 3.63) is 65.0 Å². The lowest BCUT2D eigenvalue weighted by Crippen LogP contribution is -2.15. The number of benzene rings is 2. The molecule has 4 rings (SSSR count). The maximum atomic E-state index is 12.4. The van der Waals surface area contributed by atoms with Gasteiger partial charge in [0.05, 0.1) is 5.75 Å². The molecular weight excluding hydrogens is 448 g/mol. The van der Waals surface area contributed by atoms with Crippen LogP contribution in [-0.2, 0) is 4.79 Å². The third-order valence-electron chi connectivity index (χ3n) is 4.54. The summed E-state index contributed by atoms with van der Waals surface area (Å²) in [7, 11) is 0. The van der Waals surface area contributed by atoms with Crippen LogP contribution in [0.15, 0.2) is 58.1 Å². The highest BCUT2D eigenvalue weighted by molar-refractivity contribution is 7.99. The van der Waals surface area contributed by atoms with Gasteiger partial charge in [-0.25, -0.2) is 0 Å². The van der Waals surface area contributed by atoms with Gasteiger partial charge in [0.25, 0.3) is 0 Å². The van der Waals surface area contributed by atoms with Crippen LogP contribution in [0, 0.1) is 6.92 Å². The van der Waals surface area contributed by atoms with E-state index in [1.54, 1.807) is 12.1 Å². The van der Waals surface area contributed by atoms with Crippen LogP contribution in [0.5, 0.6) is 0 Å². The fourth-order valence-electron chi connectivity index (χ4n) is 2.88. The van der Waals surface area contributed by atoms with Crippen LogP contribution in [0.2, 0.25) is 5.02 Å². The van der Waals surface area contributed by atoms with E-state index in [9.17, 15) is 4.79 Å². The van der Waals surface area contributed by atoms with E-state index in [1.807, 2.05) is 61.7 Å². The van der Waals surface area contributed by atoms with Gasteiger partial charge in [0.15, 0.2) is 11.0 Å². The number of anilines is 1. The van der Waals surface area contributed by atoms with Crippen molar-refractivity contribution >= 4 is 35.3 Å². The Morgan fingerprint density at radius 1 is 1.06 bits per heavy atom.